The zero-order valence-electron chi connectivity index (χ0n) is 16.9. The van der Waals surface area contributed by atoms with Gasteiger partial charge in [0.1, 0.15) is 0 Å². The Morgan fingerprint density at radius 3 is 2.29 bits per heavy atom. The summed E-state index contributed by atoms with van der Waals surface area (Å²) in [5, 5.41) is 9.05. The molecule has 1 aromatic rings. The van der Waals surface area contributed by atoms with Crippen LogP contribution in [0.3, 0.4) is 0 Å². The minimum atomic E-state index is -0.791. The SMILES string of the molecule is CC(C)c1ccc(C2CC2C(=O)N(C)CC(=O)N2CCC(C(=O)O)CC2)cc1. The molecule has 28 heavy (non-hydrogen) atoms. The standard InChI is InChI=1S/C22H30N2O4/c1-14(2)15-4-6-16(7-5-15)18-12-19(18)21(26)23(3)13-20(25)24-10-8-17(9-11-24)22(27)28/h4-7,14,17-19H,8-13H2,1-3H3,(H,27,28). The van der Waals surface area contributed by atoms with Crippen LogP contribution >= 0.6 is 0 Å². The molecule has 0 bridgehead atoms. The van der Waals surface area contributed by atoms with E-state index in [4.69, 9.17) is 5.11 Å². The third-order valence-electron chi connectivity index (χ3n) is 6.08. The molecule has 2 fully saturated rings. The minimum Gasteiger partial charge on any atom is -0.481 e. The van der Waals surface area contributed by atoms with Gasteiger partial charge in [0.2, 0.25) is 11.8 Å². The van der Waals surface area contributed by atoms with Crippen LogP contribution in [0, 0.1) is 11.8 Å². The number of carbonyl (C=O) groups excluding carboxylic acids is 2. The van der Waals surface area contributed by atoms with Gasteiger partial charge in [0.15, 0.2) is 0 Å². The normalized spacial score (nSPS) is 22.2. The van der Waals surface area contributed by atoms with E-state index in [1.165, 1.54) is 16.0 Å². The zero-order chi connectivity index (χ0) is 20.4. The number of nitrogens with zero attached hydrogens (tertiary/aromatic N) is 2. The molecule has 2 atom stereocenters. The van der Waals surface area contributed by atoms with Gasteiger partial charge in [-0.05, 0) is 42.2 Å². The number of carboxylic acids is 1. The van der Waals surface area contributed by atoms with E-state index >= 15 is 0 Å². The van der Waals surface area contributed by atoms with Gasteiger partial charge in [0, 0.05) is 26.1 Å². The van der Waals surface area contributed by atoms with E-state index in [9.17, 15) is 14.4 Å². The maximum Gasteiger partial charge on any atom is 0.306 e. The van der Waals surface area contributed by atoms with Crippen molar-refractivity contribution < 1.29 is 19.5 Å². The summed E-state index contributed by atoms with van der Waals surface area (Å²) in [6.07, 6.45) is 1.80. The van der Waals surface area contributed by atoms with Crippen molar-refractivity contribution in [1.29, 1.82) is 0 Å². The van der Waals surface area contributed by atoms with Crippen LogP contribution in [0.15, 0.2) is 24.3 Å². The summed E-state index contributed by atoms with van der Waals surface area (Å²) in [5.74, 6) is -0.537. The van der Waals surface area contributed by atoms with E-state index in [-0.39, 0.29) is 36.1 Å². The smallest absolute Gasteiger partial charge is 0.306 e. The first-order chi connectivity index (χ1) is 13.3. The minimum absolute atomic E-state index is 0.0201. The number of carbonyl (C=O) groups is 3. The number of aliphatic carboxylic acids is 1. The van der Waals surface area contributed by atoms with E-state index in [1.807, 2.05) is 0 Å². The van der Waals surface area contributed by atoms with Gasteiger partial charge in [-0.25, -0.2) is 0 Å². The number of carboxylic acid groups (broad SMARTS) is 1. The third-order valence-corrected chi connectivity index (χ3v) is 6.08. The average Bonchev–Trinajstić information content (AvgIpc) is 3.48. The summed E-state index contributed by atoms with van der Waals surface area (Å²) in [5.41, 5.74) is 2.49. The summed E-state index contributed by atoms with van der Waals surface area (Å²) in [4.78, 5) is 39.4. The van der Waals surface area contributed by atoms with Crippen LogP contribution < -0.4 is 0 Å². The van der Waals surface area contributed by atoms with Crippen molar-refractivity contribution in [2.75, 3.05) is 26.7 Å². The fourth-order valence-corrected chi connectivity index (χ4v) is 4.00. The van der Waals surface area contributed by atoms with E-state index in [0.29, 0.717) is 31.8 Å². The Bertz CT molecular complexity index is 735. The molecule has 0 spiro atoms. The molecule has 0 aromatic heterocycles. The monoisotopic (exact) mass is 386 g/mol. The number of likely N-dealkylation sites (tertiary alicyclic amines) is 1. The Hall–Kier alpha value is -2.37. The molecule has 1 saturated heterocycles. The molecule has 1 aliphatic carbocycles. The Morgan fingerprint density at radius 2 is 1.75 bits per heavy atom. The number of benzene rings is 1. The van der Waals surface area contributed by atoms with Crippen molar-refractivity contribution in [2.45, 2.75) is 44.9 Å². The van der Waals surface area contributed by atoms with Gasteiger partial charge in [-0.3, -0.25) is 14.4 Å². The average molecular weight is 386 g/mol. The first kappa shape index (κ1) is 20.4. The molecule has 6 nitrogen and oxygen atoms in total. The van der Waals surface area contributed by atoms with Crippen LogP contribution in [-0.2, 0) is 14.4 Å². The fraction of sp³-hybridized carbons (Fsp3) is 0.591. The molecule has 2 aliphatic rings. The molecule has 6 heteroatoms. The van der Waals surface area contributed by atoms with Crippen LogP contribution in [0.25, 0.3) is 0 Å². The topological polar surface area (TPSA) is 77.9 Å². The lowest BCUT2D eigenvalue weighted by atomic mass is 9.97. The number of piperidine rings is 1. The molecular weight excluding hydrogens is 356 g/mol. The number of hydrogen-bond donors (Lipinski definition) is 1. The van der Waals surface area contributed by atoms with Crippen LogP contribution in [0.1, 0.15) is 56.1 Å². The van der Waals surface area contributed by atoms with Crippen molar-refractivity contribution in [3.8, 4) is 0 Å². The third kappa shape index (κ3) is 4.54. The van der Waals surface area contributed by atoms with E-state index < -0.39 is 5.97 Å². The van der Waals surface area contributed by atoms with Crippen LogP contribution in [0.2, 0.25) is 0 Å². The second-order valence-corrected chi connectivity index (χ2v) is 8.46. The van der Waals surface area contributed by atoms with E-state index in [2.05, 4.69) is 38.1 Å². The molecule has 152 valence electrons. The molecule has 1 aliphatic heterocycles. The largest absolute Gasteiger partial charge is 0.481 e. The van der Waals surface area contributed by atoms with Crippen molar-refractivity contribution >= 4 is 17.8 Å². The Labute approximate surface area is 166 Å². The Balaban J connectivity index is 1.49. The molecule has 3 rings (SSSR count). The van der Waals surface area contributed by atoms with Crippen molar-refractivity contribution in [3.63, 3.8) is 0 Å². The molecule has 0 radical (unpaired) electrons. The number of amides is 2. The maximum absolute atomic E-state index is 12.7. The zero-order valence-corrected chi connectivity index (χ0v) is 16.9. The van der Waals surface area contributed by atoms with Crippen molar-refractivity contribution in [3.05, 3.63) is 35.4 Å². The van der Waals surface area contributed by atoms with Gasteiger partial charge in [-0.1, -0.05) is 38.1 Å². The first-order valence-corrected chi connectivity index (χ1v) is 10.1. The lowest BCUT2D eigenvalue weighted by Crippen LogP contribution is -2.45. The summed E-state index contributed by atoms with van der Waals surface area (Å²) < 4.78 is 0. The predicted octanol–water partition coefficient (Wildman–Crippen LogP) is 2.70. The Kier molecular flexibility index (Phi) is 6.06. The number of likely N-dealkylation sites (N-methyl/N-ethyl adjacent to an activating group) is 1. The number of hydrogen-bond acceptors (Lipinski definition) is 3. The Morgan fingerprint density at radius 1 is 1.14 bits per heavy atom. The molecular formula is C22H30N2O4. The van der Waals surface area contributed by atoms with Gasteiger partial charge < -0.3 is 14.9 Å². The van der Waals surface area contributed by atoms with Gasteiger partial charge in [0.25, 0.3) is 0 Å². The van der Waals surface area contributed by atoms with E-state index in [1.54, 1.807) is 11.9 Å². The summed E-state index contributed by atoms with van der Waals surface area (Å²) in [6.45, 7) is 5.29. The number of rotatable bonds is 6. The highest BCUT2D eigenvalue weighted by atomic mass is 16.4. The molecule has 1 aromatic carbocycles. The summed E-state index contributed by atoms with van der Waals surface area (Å²) in [7, 11) is 1.68. The maximum atomic E-state index is 12.7. The van der Waals surface area contributed by atoms with Crippen molar-refractivity contribution in [1.82, 2.24) is 9.80 Å². The van der Waals surface area contributed by atoms with Crippen LogP contribution in [0.5, 0.6) is 0 Å². The van der Waals surface area contributed by atoms with Gasteiger partial charge in [0.05, 0.1) is 12.5 Å². The van der Waals surface area contributed by atoms with Crippen LogP contribution in [0.4, 0.5) is 0 Å². The highest BCUT2D eigenvalue weighted by Crippen LogP contribution is 2.48. The predicted molar refractivity (Wildman–Crippen MR) is 106 cm³/mol. The second-order valence-electron chi connectivity index (χ2n) is 8.46. The highest BCUT2D eigenvalue weighted by Gasteiger charge is 2.45. The summed E-state index contributed by atoms with van der Waals surface area (Å²) in [6, 6.07) is 8.50. The van der Waals surface area contributed by atoms with Crippen LogP contribution in [-0.4, -0.2) is 59.4 Å². The molecule has 1 N–H and O–H groups in total. The fourth-order valence-electron chi connectivity index (χ4n) is 4.00. The second kappa shape index (κ2) is 8.33. The van der Waals surface area contributed by atoms with Gasteiger partial charge in [-0.15, -0.1) is 0 Å². The molecule has 2 unspecified atom stereocenters. The molecule has 1 heterocycles. The van der Waals surface area contributed by atoms with Crippen molar-refractivity contribution in [2.24, 2.45) is 11.8 Å². The quantitative estimate of drug-likeness (QED) is 0.815. The highest BCUT2D eigenvalue weighted by molar-refractivity contribution is 5.88. The molecule has 1 saturated carbocycles. The van der Waals surface area contributed by atoms with E-state index in [0.717, 1.165) is 6.42 Å². The lowest BCUT2D eigenvalue weighted by molar-refractivity contribution is -0.146. The van der Waals surface area contributed by atoms with Gasteiger partial charge in [-0.2, -0.15) is 0 Å². The molecule has 2 amide bonds. The first-order valence-electron chi connectivity index (χ1n) is 10.1. The van der Waals surface area contributed by atoms with Gasteiger partial charge >= 0.3 is 5.97 Å². The summed E-state index contributed by atoms with van der Waals surface area (Å²) >= 11 is 0. The lowest BCUT2D eigenvalue weighted by Gasteiger charge is -2.31.